The Morgan fingerprint density at radius 3 is 2.73 bits per heavy atom. The molecule has 0 aliphatic heterocycles. The van der Waals surface area contributed by atoms with E-state index in [1.165, 1.54) is 0 Å². The smallest absolute Gasteiger partial charge is 0.233 e. The van der Waals surface area contributed by atoms with Crippen LogP contribution in [-0.4, -0.2) is 22.4 Å². The number of carbonyl (C=O) groups is 1. The quantitative estimate of drug-likeness (QED) is 0.542. The molecule has 0 saturated heterocycles. The molecule has 1 N–H and O–H groups in total. The summed E-state index contributed by atoms with van der Waals surface area (Å²) in [5, 5.41) is 1.89. The number of carbonyl (C=O) groups excluding carboxylic acids is 1. The molecule has 0 aliphatic rings. The summed E-state index contributed by atoms with van der Waals surface area (Å²) in [5.74, 6) is 0.455. The number of fused-ring (bicyclic) bond motifs is 2. The molecular weight excluding hydrogens is 342 g/mol. The standard InChI is InChI=1S/C21H21N3OS/c1-14(2)13-24(21-23-18-9-5-6-10-19(18)26-21)20(25)11-15-12-22-17-8-4-3-7-16(15)17/h3-10,12,14,22H,11,13H2,1-2H3. The number of para-hydroxylation sites is 2. The second-order valence-corrected chi connectivity index (χ2v) is 7.91. The highest BCUT2D eigenvalue weighted by atomic mass is 32.1. The van der Waals surface area contributed by atoms with E-state index in [2.05, 4.69) is 24.9 Å². The van der Waals surface area contributed by atoms with Crippen molar-refractivity contribution in [1.29, 1.82) is 0 Å². The Morgan fingerprint density at radius 2 is 1.92 bits per heavy atom. The van der Waals surface area contributed by atoms with Crippen LogP contribution in [0.3, 0.4) is 0 Å². The zero-order valence-electron chi connectivity index (χ0n) is 14.9. The van der Waals surface area contributed by atoms with Gasteiger partial charge in [-0.3, -0.25) is 9.69 Å². The minimum absolute atomic E-state index is 0.0857. The molecule has 132 valence electrons. The number of nitrogens with one attached hydrogen (secondary N) is 1. The molecule has 26 heavy (non-hydrogen) atoms. The molecule has 4 nitrogen and oxygen atoms in total. The minimum Gasteiger partial charge on any atom is -0.361 e. The molecule has 1 amide bonds. The predicted octanol–water partition coefficient (Wildman–Crippen LogP) is 5.01. The van der Waals surface area contributed by atoms with Crippen LogP contribution < -0.4 is 4.90 Å². The van der Waals surface area contributed by atoms with Crippen LogP contribution >= 0.6 is 11.3 Å². The van der Waals surface area contributed by atoms with Gasteiger partial charge in [-0.05, 0) is 29.7 Å². The van der Waals surface area contributed by atoms with Crippen molar-refractivity contribution < 1.29 is 4.79 Å². The number of hydrogen-bond acceptors (Lipinski definition) is 3. The number of amides is 1. The first-order valence-corrected chi connectivity index (χ1v) is 9.64. The van der Waals surface area contributed by atoms with Crippen LogP contribution in [0.15, 0.2) is 54.7 Å². The highest BCUT2D eigenvalue weighted by Crippen LogP contribution is 2.30. The van der Waals surface area contributed by atoms with Crippen molar-refractivity contribution >= 4 is 43.5 Å². The summed E-state index contributed by atoms with van der Waals surface area (Å²) in [6.45, 7) is 4.92. The molecule has 4 rings (SSSR count). The van der Waals surface area contributed by atoms with E-state index in [9.17, 15) is 4.79 Å². The molecule has 0 spiro atoms. The summed E-state index contributed by atoms with van der Waals surface area (Å²) in [5.41, 5.74) is 3.03. The molecule has 0 saturated carbocycles. The van der Waals surface area contributed by atoms with Crippen LogP contribution in [0, 0.1) is 5.92 Å². The number of rotatable bonds is 5. The van der Waals surface area contributed by atoms with Gasteiger partial charge in [0.2, 0.25) is 5.91 Å². The monoisotopic (exact) mass is 363 g/mol. The molecule has 4 aromatic rings. The summed E-state index contributed by atoms with van der Waals surface area (Å²) in [7, 11) is 0. The molecule has 0 bridgehead atoms. The van der Waals surface area contributed by atoms with Crippen LogP contribution in [0.25, 0.3) is 21.1 Å². The zero-order valence-corrected chi connectivity index (χ0v) is 15.7. The SMILES string of the molecule is CC(C)CN(C(=O)Cc1c[nH]c2ccccc12)c1nc2ccccc2s1. The van der Waals surface area contributed by atoms with Crippen molar-refractivity contribution in [3.05, 3.63) is 60.3 Å². The molecule has 0 fully saturated rings. The van der Waals surface area contributed by atoms with Crippen LogP contribution in [0.1, 0.15) is 19.4 Å². The van der Waals surface area contributed by atoms with E-state index in [1.54, 1.807) is 11.3 Å². The maximum absolute atomic E-state index is 13.1. The van der Waals surface area contributed by atoms with E-state index in [0.717, 1.165) is 31.8 Å². The Morgan fingerprint density at radius 1 is 1.15 bits per heavy atom. The third-order valence-electron chi connectivity index (χ3n) is 4.38. The van der Waals surface area contributed by atoms with Gasteiger partial charge in [0.25, 0.3) is 0 Å². The lowest BCUT2D eigenvalue weighted by molar-refractivity contribution is -0.118. The summed E-state index contributed by atoms with van der Waals surface area (Å²) >= 11 is 1.58. The topological polar surface area (TPSA) is 49.0 Å². The molecule has 0 radical (unpaired) electrons. The van der Waals surface area contributed by atoms with Crippen molar-refractivity contribution in [2.24, 2.45) is 5.92 Å². The van der Waals surface area contributed by atoms with E-state index in [-0.39, 0.29) is 5.91 Å². The van der Waals surface area contributed by atoms with Crippen molar-refractivity contribution in [3.8, 4) is 0 Å². The molecular formula is C21H21N3OS. The lowest BCUT2D eigenvalue weighted by Crippen LogP contribution is -2.35. The van der Waals surface area contributed by atoms with Gasteiger partial charge in [0.1, 0.15) is 0 Å². The second-order valence-electron chi connectivity index (χ2n) is 6.90. The first-order chi connectivity index (χ1) is 12.6. The Labute approximate surface area is 156 Å². The lowest BCUT2D eigenvalue weighted by atomic mass is 10.1. The fourth-order valence-electron chi connectivity index (χ4n) is 3.16. The Hall–Kier alpha value is -2.66. The predicted molar refractivity (Wildman–Crippen MR) is 109 cm³/mol. The number of aromatic amines is 1. The molecule has 0 unspecified atom stereocenters. The number of thiazole rings is 1. The fraction of sp³-hybridized carbons (Fsp3) is 0.238. The van der Waals surface area contributed by atoms with Crippen molar-refractivity contribution in [1.82, 2.24) is 9.97 Å². The number of hydrogen-bond donors (Lipinski definition) is 1. The third-order valence-corrected chi connectivity index (χ3v) is 5.44. The van der Waals surface area contributed by atoms with Crippen LogP contribution in [0.5, 0.6) is 0 Å². The van der Waals surface area contributed by atoms with Gasteiger partial charge < -0.3 is 4.98 Å². The highest BCUT2D eigenvalue weighted by Gasteiger charge is 2.22. The van der Waals surface area contributed by atoms with Gasteiger partial charge >= 0.3 is 0 Å². The largest absolute Gasteiger partial charge is 0.361 e. The van der Waals surface area contributed by atoms with Crippen LogP contribution in [0.4, 0.5) is 5.13 Å². The minimum atomic E-state index is 0.0857. The van der Waals surface area contributed by atoms with Crippen molar-refractivity contribution in [3.63, 3.8) is 0 Å². The van der Waals surface area contributed by atoms with Gasteiger partial charge in [0.15, 0.2) is 5.13 Å². The number of H-pyrrole nitrogens is 1. The van der Waals surface area contributed by atoms with Gasteiger partial charge in [0.05, 0.1) is 16.6 Å². The maximum Gasteiger partial charge on any atom is 0.233 e. The Kier molecular flexibility index (Phi) is 4.47. The first-order valence-electron chi connectivity index (χ1n) is 8.83. The normalized spacial score (nSPS) is 11.5. The molecule has 0 atom stereocenters. The molecule has 5 heteroatoms. The molecule has 2 aromatic carbocycles. The number of anilines is 1. The van der Waals surface area contributed by atoms with Crippen LogP contribution in [-0.2, 0) is 11.2 Å². The van der Waals surface area contributed by atoms with Gasteiger partial charge in [-0.25, -0.2) is 4.98 Å². The summed E-state index contributed by atoms with van der Waals surface area (Å²) in [6, 6.07) is 16.1. The summed E-state index contributed by atoms with van der Waals surface area (Å²) < 4.78 is 1.11. The van der Waals surface area contributed by atoms with Gasteiger partial charge in [-0.2, -0.15) is 0 Å². The molecule has 2 heterocycles. The number of benzene rings is 2. The van der Waals surface area contributed by atoms with E-state index in [4.69, 9.17) is 4.98 Å². The molecule has 2 aromatic heterocycles. The maximum atomic E-state index is 13.1. The summed E-state index contributed by atoms with van der Waals surface area (Å²) in [4.78, 5) is 22.9. The average molecular weight is 363 g/mol. The number of aromatic nitrogens is 2. The lowest BCUT2D eigenvalue weighted by Gasteiger charge is -2.21. The van der Waals surface area contributed by atoms with Crippen molar-refractivity contribution in [2.75, 3.05) is 11.4 Å². The van der Waals surface area contributed by atoms with Gasteiger partial charge in [-0.15, -0.1) is 0 Å². The summed E-state index contributed by atoms with van der Waals surface area (Å²) in [6.07, 6.45) is 2.31. The van der Waals surface area contributed by atoms with E-state index in [0.29, 0.717) is 18.9 Å². The van der Waals surface area contributed by atoms with Gasteiger partial charge in [-0.1, -0.05) is 55.5 Å². The average Bonchev–Trinajstić information content (AvgIpc) is 3.23. The fourth-order valence-corrected chi connectivity index (χ4v) is 4.16. The Balaban J connectivity index is 1.66. The van der Waals surface area contributed by atoms with E-state index < -0.39 is 0 Å². The van der Waals surface area contributed by atoms with Crippen LogP contribution in [0.2, 0.25) is 0 Å². The second kappa shape index (κ2) is 6.92. The van der Waals surface area contributed by atoms with E-state index >= 15 is 0 Å². The third kappa shape index (κ3) is 3.22. The van der Waals surface area contributed by atoms with E-state index in [1.807, 2.05) is 53.6 Å². The molecule has 0 aliphatic carbocycles. The highest BCUT2D eigenvalue weighted by molar-refractivity contribution is 7.22. The van der Waals surface area contributed by atoms with Crippen molar-refractivity contribution in [2.45, 2.75) is 20.3 Å². The first kappa shape index (κ1) is 16.8. The number of nitrogens with zero attached hydrogens (tertiary/aromatic N) is 2. The zero-order chi connectivity index (χ0) is 18.1. The Bertz CT molecular complexity index is 1030. The van der Waals surface area contributed by atoms with Gasteiger partial charge in [0, 0.05) is 23.6 Å².